The van der Waals surface area contributed by atoms with Crippen LogP contribution in [0.5, 0.6) is 0 Å². The summed E-state index contributed by atoms with van der Waals surface area (Å²) in [5.74, 6) is -1.75. The quantitative estimate of drug-likeness (QED) is 0.810. The van der Waals surface area contributed by atoms with E-state index >= 15 is 0 Å². The van der Waals surface area contributed by atoms with Crippen molar-refractivity contribution in [3.8, 4) is 0 Å². The third kappa shape index (κ3) is 4.43. The van der Waals surface area contributed by atoms with Crippen molar-refractivity contribution in [2.45, 2.75) is 26.2 Å². The van der Waals surface area contributed by atoms with Crippen LogP contribution in [0.4, 0.5) is 14.5 Å². The summed E-state index contributed by atoms with van der Waals surface area (Å²) >= 11 is 0. The van der Waals surface area contributed by atoms with Crippen LogP contribution in [0, 0.1) is 17.6 Å². The predicted octanol–water partition coefficient (Wildman–Crippen LogP) is 2.38. The van der Waals surface area contributed by atoms with Gasteiger partial charge in [-0.3, -0.25) is 9.10 Å². The summed E-state index contributed by atoms with van der Waals surface area (Å²) in [4.78, 5) is 14.0. The number of para-hydroxylation sites is 1. The van der Waals surface area contributed by atoms with E-state index in [1.807, 2.05) is 0 Å². The van der Waals surface area contributed by atoms with E-state index in [2.05, 4.69) is 6.92 Å². The maximum atomic E-state index is 13.9. The van der Waals surface area contributed by atoms with Gasteiger partial charge in [0.2, 0.25) is 15.9 Å². The molecule has 1 aliphatic heterocycles. The number of hydrogen-bond donors (Lipinski definition) is 0. The van der Waals surface area contributed by atoms with Crippen LogP contribution in [0.25, 0.3) is 0 Å². The fourth-order valence-corrected chi connectivity index (χ4v) is 3.87. The second-order valence-corrected chi connectivity index (χ2v) is 8.15. The molecule has 1 atom stereocenters. The first kappa shape index (κ1) is 18.6. The average Bonchev–Trinajstić information content (AvgIpc) is 2.48. The number of sulfonamides is 1. The molecule has 0 radical (unpaired) electrons. The van der Waals surface area contributed by atoms with E-state index in [0.717, 1.165) is 37.3 Å². The fourth-order valence-electron chi connectivity index (χ4n) is 2.94. The zero-order valence-corrected chi connectivity index (χ0v) is 14.7. The number of hydrogen-bond acceptors (Lipinski definition) is 3. The second-order valence-electron chi connectivity index (χ2n) is 6.24. The maximum absolute atomic E-state index is 13.9. The van der Waals surface area contributed by atoms with Crippen molar-refractivity contribution >= 4 is 21.6 Å². The van der Waals surface area contributed by atoms with E-state index < -0.39 is 27.3 Å². The SMILES string of the molecule is CC1CCCN(C(=O)CCN(c2c(F)cccc2F)S(C)(=O)=O)C1. The van der Waals surface area contributed by atoms with E-state index in [-0.39, 0.29) is 18.9 Å². The van der Waals surface area contributed by atoms with Crippen LogP contribution in [0.15, 0.2) is 18.2 Å². The van der Waals surface area contributed by atoms with Crippen LogP contribution in [-0.4, -0.2) is 45.1 Å². The number of carbonyl (C=O) groups excluding carboxylic acids is 1. The molecule has 1 aromatic rings. The molecule has 1 unspecified atom stereocenters. The summed E-state index contributed by atoms with van der Waals surface area (Å²) in [7, 11) is -3.92. The van der Waals surface area contributed by atoms with Gasteiger partial charge in [0, 0.05) is 26.1 Å². The predicted molar refractivity (Wildman–Crippen MR) is 88.1 cm³/mol. The van der Waals surface area contributed by atoms with Crippen LogP contribution < -0.4 is 4.31 Å². The molecule has 1 heterocycles. The lowest BCUT2D eigenvalue weighted by Gasteiger charge is -2.32. The average molecular weight is 360 g/mol. The Morgan fingerprint density at radius 2 is 1.96 bits per heavy atom. The Labute approximate surface area is 141 Å². The Kier molecular flexibility index (Phi) is 5.79. The molecule has 5 nitrogen and oxygen atoms in total. The number of piperidine rings is 1. The van der Waals surface area contributed by atoms with E-state index in [1.54, 1.807) is 4.90 Å². The van der Waals surface area contributed by atoms with Crippen molar-refractivity contribution in [2.24, 2.45) is 5.92 Å². The summed E-state index contributed by atoms with van der Waals surface area (Å²) in [6.07, 6.45) is 2.71. The highest BCUT2D eigenvalue weighted by Crippen LogP contribution is 2.26. The smallest absolute Gasteiger partial charge is 0.232 e. The standard InChI is InChI=1S/C16H22F2N2O3S/c1-12-5-4-9-19(11-12)15(21)8-10-20(24(2,22)23)16-13(17)6-3-7-14(16)18/h3,6-7,12H,4-5,8-11H2,1-2H3. The van der Waals surface area contributed by atoms with Gasteiger partial charge in [-0.05, 0) is 30.9 Å². The molecule has 24 heavy (non-hydrogen) atoms. The van der Waals surface area contributed by atoms with Gasteiger partial charge in [0.1, 0.15) is 5.69 Å². The Hall–Kier alpha value is -1.70. The monoisotopic (exact) mass is 360 g/mol. The number of halogens is 2. The lowest BCUT2D eigenvalue weighted by molar-refractivity contribution is -0.132. The van der Waals surface area contributed by atoms with Crippen LogP contribution in [0.3, 0.4) is 0 Å². The molecule has 1 saturated heterocycles. The van der Waals surface area contributed by atoms with Crippen LogP contribution >= 0.6 is 0 Å². The van der Waals surface area contributed by atoms with Gasteiger partial charge < -0.3 is 4.90 Å². The van der Waals surface area contributed by atoms with Gasteiger partial charge in [-0.2, -0.15) is 0 Å². The first-order valence-electron chi connectivity index (χ1n) is 7.89. The van der Waals surface area contributed by atoms with Gasteiger partial charge in [-0.15, -0.1) is 0 Å². The number of anilines is 1. The molecule has 1 aromatic carbocycles. The first-order valence-corrected chi connectivity index (χ1v) is 9.74. The summed E-state index contributed by atoms with van der Waals surface area (Å²) in [5.41, 5.74) is -0.639. The minimum atomic E-state index is -3.92. The largest absolute Gasteiger partial charge is 0.342 e. The highest BCUT2D eigenvalue weighted by atomic mass is 32.2. The number of carbonyl (C=O) groups is 1. The molecule has 0 aliphatic carbocycles. The van der Waals surface area contributed by atoms with Gasteiger partial charge in [-0.1, -0.05) is 13.0 Å². The highest BCUT2D eigenvalue weighted by molar-refractivity contribution is 7.92. The number of rotatable bonds is 5. The topological polar surface area (TPSA) is 57.7 Å². The molecule has 0 bridgehead atoms. The number of likely N-dealkylation sites (tertiary alicyclic amines) is 1. The normalized spacial score (nSPS) is 18.5. The first-order chi connectivity index (χ1) is 11.2. The fraction of sp³-hybridized carbons (Fsp3) is 0.562. The minimum absolute atomic E-state index is 0.117. The van der Waals surface area contributed by atoms with Crippen molar-refractivity contribution in [3.05, 3.63) is 29.8 Å². The van der Waals surface area contributed by atoms with E-state index in [4.69, 9.17) is 0 Å². The maximum Gasteiger partial charge on any atom is 0.232 e. The molecule has 8 heteroatoms. The minimum Gasteiger partial charge on any atom is -0.342 e. The number of benzene rings is 1. The summed E-state index contributed by atoms with van der Waals surface area (Å²) < 4.78 is 52.4. The molecule has 0 spiro atoms. The van der Waals surface area contributed by atoms with E-state index in [9.17, 15) is 22.0 Å². The van der Waals surface area contributed by atoms with Crippen LogP contribution in [0.1, 0.15) is 26.2 Å². The molecule has 0 aromatic heterocycles. The van der Waals surface area contributed by atoms with Crippen LogP contribution in [-0.2, 0) is 14.8 Å². The zero-order chi connectivity index (χ0) is 17.9. The van der Waals surface area contributed by atoms with Gasteiger partial charge in [-0.25, -0.2) is 17.2 Å². The molecule has 2 rings (SSSR count). The van der Waals surface area contributed by atoms with E-state index in [1.165, 1.54) is 0 Å². The zero-order valence-electron chi connectivity index (χ0n) is 13.8. The third-order valence-electron chi connectivity index (χ3n) is 4.13. The second kappa shape index (κ2) is 7.46. The van der Waals surface area contributed by atoms with Gasteiger partial charge >= 0.3 is 0 Å². The van der Waals surface area contributed by atoms with Gasteiger partial charge in [0.15, 0.2) is 11.6 Å². The molecule has 1 amide bonds. The summed E-state index contributed by atoms with van der Waals surface area (Å²) in [6, 6.07) is 3.14. The van der Waals surface area contributed by atoms with Crippen molar-refractivity contribution in [1.82, 2.24) is 4.90 Å². The van der Waals surface area contributed by atoms with Crippen molar-refractivity contribution in [3.63, 3.8) is 0 Å². The molecule has 1 fully saturated rings. The van der Waals surface area contributed by atoms with Crippen molar-refractivity contribution < 1.29 is 22.0 Å². The Morgan fingerprint density at radius 3 is 2.50 bits per heavy atom. The molecular weight excluding hydrogens is 338 g/mol. The Morgan fingerprint density at radius 1 is 1.33 bits per heavy atom. The van der Waals surface area contributed by atoms with Gasteiger partial charge in [0.25, 0.3) is 0 Å². The number of nitrogens with zero attached hydrogens (tertiary/aromatic N) is 2. The van der Waals surface area contributed by atoms with Crippen molar-refractivity contribution in [1.29, 1.82) is 0 Å². The van der Waals surface area contributed by atoms with E-state index in [0.29, 0.717) is 23.3 Å². The third-order valence-corrected chi connectivity index (χ3v) is 5.29. The van der Waals surface area contributed by atoms with Crippen molar-refractivity contribution in [2.75, 3.05) is 30.2 Å². The molecule has 1 aliphatic rings. The van der Waals surface area contributed by atoms with Gasteiger partial charge in [0.05, 0.1) is 6.26 Å². The lowest BCUT2D eigenvalue weighted by Crippen LogP contribution is -2.41. The molecule has 0 N–H and O–H groups in total. The Bertz CT molecular complexity index is 689. The molecule has 0 saturated carbocycles. The number of amides is 1. The summed E-state index contributed by atoms with van der Waals surface area (Å²) in [6.45, 7) is 3.03. The lowest BCUT2D eigenvalue weighted by atomic mass is 10.00. The molecular formula is C16H22F2N2O3S. The summed E-state index contributed by atoms with van der Waals surface area (Å²) in [5, 5.41) is 0. The molecule has 134 valence electrons. The Balaban J connectivity index is 2.15. The highest BCUT2D eigenvalue weighted by Gasteiger charge is 2.27. The van der Waals surface area contributed by atoms with Crippen LogP contribution in [0.2, 0.25) is 0 Å².